The van der Waals surface area contributed by atoms with Gasteiger partial charge in [-0.1, -0.05) is 0 Å². The largest absolute Gasteiger partial charge is 0.480 e. The molecule has 96 valence electrons. The highest BCUT2D eigenvalue weighted by Gasteiger charge is 2.30. The van der Waals surface area contributed by atoms with Crippen LogP contribution in [0, 0.1) is 5.92 Å². The van der Waals surface area contributed by atoms with Gasteiger partial charge in [-0.25, -0.2) is 0 Å². The number of piperidine rings is 1. The Labute approximate surface area is 101 Å². The molecule has 17 heavy (non-hydrogen) atoms. The zero-order chi connectivity index (χ0) is 12.3. The highest BCUT2D eigenvalue weighted by Crippen LogP contribution is 2.21. The SMILES string of the molecule is O=C(O)CN1CCCC(C(=O)N2CCCC2)C1. The fourth-order valence-corrected chi connectivity index (χ4v) is 2.79. The summed E-state index contributed by atoms with van der Waals surface area (Å²) in [6.45, 7) is 3.24. The van der Waals surface area contributed by atoms with Crippen LogP contribution in [0.2, 0.25) is 0 Å². The molecule has 2 saturated heterocycles. The predicted molar refractivity (Wildman–Crippen MR) is 62.6 cm³/mol. The lowest BCUT2D eigenvalue weighted by atomic mass is 9.96. The van der Waals surface area contributed by atoms with Crippen molar-refractivity contribution < 1.29 is 14.7 Å². The van der Waals surface area contributed by atoms with E-state index in [2.05, 4.69) is 0 Å². The summed E-state index contributed by atoms with van der Waals surface area (Å²) in [7, 11) is 0. The van der Waals surface area contributed by atoms with Gasteiger partial charge in [-0.05, 0) is 32.2 Å². The molecule has 2 aliphatic heterocycles. The number of carbonyl (C=O) groups is 2. The summed E-state index contributed by atoms with van der Waals surface area (Å²) in [4.78, 5) is 26.7. The summed E-state index contributed by atoms with van der Waals surface area (Å²) in [5, 5.41) is 8.77. The van der Waals surface area contributed by atoms with Gasteiger partial charge in [-0.2, -0.15) is 0 Å². The summed E-state index contributed by atoms with van der Waals surface area (Å²) < 4.78 is 0. The first kappa shape index (κ1) is 12.4. The van der Waals surface area contributed by atoms with E-state index in [1.54, 1.807) is 0 Å². The summed E-state index contributed by atoms with van der Waals surface area (Å²) in [5.74, 6) is -0.557. The molecule has 0 aromatic carbocycles. The molecular formula is C12H20N2O3. The Hall–Kier alpha value is -1.10. The van der Waals surface area contributed by atoms with Gasteiger partial charge in [-0.15, -0.1) is 0 Å². The van der Waals surface area contributed by atoms with Crippen LogP contribution in [-0.2, 0) is 9.59 Å². The van der Waals surface area contributed by atoms with Crippen molar-refractivity contribution in [3.63, 3.8) is 0 Å². The van der Waals surface area contributed by atoms with E-state index in [9.17, 15) is 9.59 Å². The predicted octanol–water partition coefficient (Wildman–Crippen LogP) is 0.405. The number of likely N-dealkylation sites (tertiary alicyclic amines) is 2. The zero-order valence-electron chi connectivity index (χ0n) is 10.1. The molecule has 5 nitrogen and oxygen atoms in total. The second kappa shape index (κ2) is 5.49. The second-order valence-electron chi connectivity index (χ2n) is 5.00. The van der Waals surface area contributed by atoms with Crippen LogP contribution in [0.4, 0.5) is 0 Å². The monoisotopic (exact) mass is 240 g/mol. The lowest BCUT2D eigenvalue weighted by Gasteiger charge is -2.32. The first-order chi connectivity index (χ1) is 8.16. The average molecular weight is 240 g/mol. The summed E-state index contributed by atoms with van der Waals surface area (Å²) in [6.07, 6.45) is 4.05. The van der Waals surface area contributed by atoms with Crippen LogP contribution in [0.1, 0.15) is 25.7 Å². The third kappa shape index (κ3) is 3.19. The third-order valence-corrected chi connectivity index (χ3v) is 3.63. The summed E-state index contributed by atoms with van der Waals surface area (Å²) in [5.41, 5.74) is 0. The fourth-order valence-electron chi connectivity index (χ4n) is 2.79. The minimum Gasteiger partial charge on any atom is -0.480 e. The van der Waals surface area contributed by atoms with Gasteiger partial charge in [0, 0.05) is 19.6 Å². The van der Waals surface area contributed by atoms with Crippen LogP contribution in [0.5, 0.6) is 0 Å². The number of rotatable bonds is 3. The lowest BCUT2D eigenvalue weighted by molar-refractivity contribution is -0.141. The van der Waals surface area contributed by atoms with Crippen molar-refractivity contribution in [1.29, 1.82) is 0 Å². The van der Waals surface area contributed by atoms with E-state index in [0.717, 1.165) is 45.3 Å². The topological polar surface area (TPSA) is 60.9 Å². The van der Waals surface area contributed by atoms with Crippen LogP contribution < -0.4 is 0 Å². The molecule has 2 rings (SSSR count). The average Bonchev–Trinajstić information content (AvgIpc) is 2.81. The van der Waals surface area contributed by atoms with Gasteiger partial charge in [0.1, 0.15) is 0 Å². The van der Waals surface area contributed by atoms with Gasteiger partial charge < -0.3 is 10.0 Å². The standard InChI is InChI=1S/C12H20N2O3/c15-11(16)9-13-5-3-4-10(8-13)12(17)14-6-1-2-7-14/h10H,1-9H2,(H,15,16). The van der Waals surface area contributed by atoms with E-state index >= 15 is 0 Å². The Bertz CT molecular complexity index is 300. The van der Waals surface area contributed by atoms with E-state index in [4.69, 9.17) is 5.11 Å². The molecule has 0 bridgehead atoms. The Morgan fingerprint density at radius 2 is 1.82 bits per heavy atom. The molecular weight excluding hydrogens is 220 g/mol. The highest BCUT2D eigenvalue weighted by atomic mass is 16.4. The number of nitrogens with zero attached hydrogens (tertiary/aromatic N) is 2. The van der Waals surface area contributed by atoms with Gasteiger partial charge >= 0.3 is 5.97 Å². The molecule has 1 N–H and O–H groups in total. The van der Waals surface area contributed by atoms with Crippen molar-refractivity contribution in [2.24, 2.45) is 5.92 Å². The molecule has 0 aromatic rings. The minimum absolute atomic E-state index is 0.0150. The van der Waals surface area contributed by atoms with E-state index in [-0.39, 0.29) is 18.4 Å². The molecule has 0 aromatic heterocycles. The van der Waals surface area contributed by atoms with Gasteiger partial charge in [0.05, 0.1) is 12.5 Å². The second-order valence-corrected chi connectivity index (χ2v) is 5.00. The number of hydrogen-bond acceptors (Lipinski definition) is 3. The normalized spacial score (nSPS) is 26.1. The maximum absolute atomic E-state index is 12.2. The van der Waals surface area contributed by atoms with E-state index in [1.807, 2.05) is 9.80 Å². The van der Waals surface area contributed by atoms with Crippen LogP contribution >= 0.6 is 0 Å². The van der Waals surface area contributed by atoms with Gasteiger partial charge in [-0.3, -0.25) is 14.5 Å². The number of aliphatic carboxylic acids is 1. The summed E-state index contributed by atoms with van der Waals surface area (Å²) >= 11 is 0. The number of carbonyl (C=O) groups excluding carboxylic acids is 1. The van der Waals surface area contributed by atoms with E-state index in [1.165, 1.54) is 0 Å². The third-order valence-electron chi connectivity index (χ3n) is 3.63. The molecule has 2 fully saturated rings. The van der Waals surface area contributed by atoms with Crippen molar-refractivity contribution in [3.8, 4) is 0 Å². The molecule has 0 saturated carbocycles. The fraction of sp³-hybridized carbons (Fsp3) is 0.833. The molecule has 1 atom stereocenters. The van der Waals surface area contributed by atoms with Gasteiger partial charge in [0.25, 0.3) is 0 Å². The Balaban J connectivity index is 1.87. The molecule has 5 heteroatoms. The van der Waals surface area contributed by atoms with Gasteiger partial charge in [0.15, 0.2) is 0 Å². The van der Waals surface area contributed by atoms with Crippen molar-refractivity contribution in [1.82, 2.24) is 9.80 Å². The van der Waals surface area contributed by atoms with Crippen molar-refractivity contribution in [2.45, 2.75) is 25.7 Å². The quantitative estimate of drug-likeness (QED) is 0.776. The first-order valence-electron chi connectivity index (χ1n) is 6.40. The number of carboxylic acid groups (broad SMARTS) is 1. The molecule has 1 amide bonds. The molecule has 1 unspecified atom stereocenters. The number of hydrogen-bond donors (Lipinski definition) is 1. The molecule has 0 spiro atoms. The Morgan fingerprint density at radius 3 is 2.47 bits per heavy atom. The lowest BCUT2D eigenvalue weighted by Crippen LogP contribution is -2.45. The zero-order valence-corrected chi connectivity index (χ0v) is 10.1. The van der Waals surface area contributed by atoms with Crippen molar-refractivity contribution in [3.05, 3.63) is 0 Å². The summed E-state index contributed by atoms with van der Waals surface area (Å²) in [6, 6.07) is 0. The minimum atomic E-state index is -0.806. The molecule has 2 heterocycles. The number of carboxylic acids is 1. The van der Waals surface area contributed by atoms with Crippen LogP contribution in [-0.4, -0.2) is 59.5 Å². The smallest absolute Gasteiger partial charge is 0.317 e. The Morgan fingerprint density at radius 1 is 1.12 bits per heavy atom. The molecule has 2 aliphatic rings. The van der Waals surface area contributed by atoms with Crippen LogP contribution in [0.15, 0.2) is 0 Å². The molecule has 0 aliphatic carbocycles. The van der Waals surface area contributed by atoms with E-state index < -0.39 is 5.97 Å². The first-order valence-corrected chi connectivity index (χ1v) is 6.40. The van der Waals surface area contributed by atoms with Gasteiger partial charge in [0.2, 0.25) is 5.91 Å². The Kier molecular flexibility index (Phi) is 3.99. The van der Waals surface area contributed by atoms with Crippen LogP contribution in [0.25, 0.3) is 0 Å². The van der Waals surface area contributed by atoms with Crippen LogP contribution in [0.3, 0.4) is 0 Å². The van der Waals surface area contributed by atoms with E-state index in [0.29, 0.717) is 6.54 Å². The highest BCUT2D eigenvalue weighted by molar-refractivity contribution is 5.79. The van der Waals surface area contributed by atoms with Crippen molar-refractivity contribution in [2.75, 3.05) is 32.7 Å². The maximum atomic E-state index is 12.2. The molecule has 0 radical (unpaired) electrons. The van der Waals surface area contributed by atoms with Crippen molar-refractivity contribution >= 4 is 11.9 Å². The number of amides is 1. The maximum Gasteiger partial charge on any atom is 0.317 e.